The van der Waals surface area contributed by atoms with E-state index in [1.54, 1.807) is 0 Å². The predicted octanol–water partition coefficient (Wildman–Crippen LogP) is 1.46. The third-order valence-electron chi connectivity index (χ3n) is 3.79. The van der Waals surface area contributed by atoms with Crippen molar-refractivity contribution in [1.82, 2.24) is 10.0 Å². The number of ether oxygens (including phenoxy) is 1. The number of sulfonamides is 1. The van der Waals surface area contributed by atoms with E-state index < -0.39 is 22.6 Å². The Kier molecular flexibility index (Phi) is 6.20. The number of benzene rings is 1. The molecule has 7 nitrogen and oxygen atoms in total. The van der Waals surface area contributed by atoms with Crippen molar-refractivity contribution < 1.29 is 22.7 Å². The summed E-state index contributed by atoms with van der Waals surface area (Å²) in [6, 6.07) is 3.81. The van der Waals surface area contributed by atoms with Crippen LogP contribution >= 0.6 is 11.6 Å². The van der Waals surface area contributed by atoms with Gasteiger partial charge in [0.1, 0.15) is 0 Å². The molecule has 2 N–H and O–H groups in total. The Morgan fingerprint density at radius 3 is 2.58 bits per heavy atom. The molecule has 0 saturated heterocycles. The van der Waals surface area contributed by atoms with Gasteiger partial charge in [-0.15, -0.1) is 0 Å². The van der Waals surface area contributed by atoms with Crippen LogP contribution in [0.4, 0.5) is 0 Å². The molecule has 0 aromatic heterocycles. The van der Waals surface area contributed by atoms with E-state index >= 15 is 0 Å². The van der Waals surface area contributed by atoms with Gasteiger partial charge < -0.3 is 10.1 Å². The van der Waals surface area contributed by atoms with Crippen LogP contribution in [-0.2, 0) is 19.6 Å². The molecule has 2 rings (SSSR count). The lowest BCUT2D eigenvalue weighted by atomic mass is 10.2. The molecule has 1 aromatic carbocycles. The first-order valence-corrected chi connectivity index (χ1v) is 9.39. The van der Waals surface area contributed by atoms with Crippen LogP contribution in [0.5, 0.6) is 0 Å². The summed E-state index contributed by atoms with van der Waals surface area (Å²) < 4.78 is 30.6. The van der Waals surface area contributed by atoms with Gasteiger partial charge in [-0.2, -0.15) is 0 Å². The molecule has 0 atom stereocenters. The zero-order valence-corrected chi connectivity index (χ0v) is 14.7. The molecule has 0 heterocycles. The van der Waals surface area contributed by atoms with E-state index in [0.717, 1.165) is 31.7 Å². The largest absolute Gasteiger partial charge is 0.452 e. The average molecular weight is 375 g/mol. The summed E-state index contributed by atoms with van der Waals surface area (Å²) in [5, 5.41) is 2.84. The number of nitrogens with one attached hydrogen (secondary N) is 2. The highest BCUT2D eigenvalue weighted by molar-refractivity contribution is 7.89. The molecule has 0 aliphatic heterocycles. The second kappa shape index (κ2) is 7.96. The Morgan fingerprint density at radius 2 is 1.96 bits per heavy atom. The molecular weight excluding hydrogens is 356 g/mol. The molecule has 1 amide bonds. The van der Waals surface area contributed by atoms with Gasteiger partial charge in [-0.25, -0.2) is 17.9 Å². The summed E-state index contributed by atoms with van der Waals surface area (Å²) in [5.74, 6) is -1.24. The number of carbonyl (C=O) groups is 2. The van der Waals surface area contributed by atoms with Crippen molar-refractivity contribution in [3.8, 4) is 0 Å². The minimum Gasteiger partial charge on any atom is -0.452 e. The summed E-state index contributed by atoms with van der Waals surface area (Å²) in [4.78, 5) is 23.7. The van der Waals surface area contributed by atoms with Crippen molar-refractivity contribution in [3.63, 3.8) is 0 Å². The molecule has 0 radical (unpaired) electrons. The van der Waals surface area contributed by atoms with E-state index in [-0.39, 0.29) is 27.4 Å². The summed E-state index contributed by atoms with van der Waals surface area (Å²) in [7, 11) is -2.45. The quantitative estimate of drug-likeness (QED) is 0.734. The van der Waals surface area contributed by atoms with Crippen LogP contribution in [0.2, 0.25) is 5.02 Å². The molecule has 1 saturated carbocycles. The molecule has 9 heteroatoms. The van der Waals surface area contributed by atoms with Crippen LogP contribution in [0.3, 0.4) is 0 Å². The molecular formula is C15H19ClN2O5S. The highest BCUT2D eigenvalue weighted by atomic mass is 35.5. The van der Waals surface area contributed by atoms with Crippen LogP contribution in [-0.4, -0.2) is 40.0 Å². The van der Waals surface area contributed by atoms with Gasteiger partial charge in [-0.1, -0.05) is 24.4 Å². The first-order chi connectivity index (χ1) is 11.3. The number of amides is 1. The third-order valence-corrected chi connectivity index (χ3v) is 5.53. The van der Waals surface area contributed by atoms with Crippen LogP contribution in [0.15, 0.2) is 23.1 Å². The summed E-state index contributed by atoms with van der Waals surface area (Å²) in [5.41, 5.74) is -0.110. The van der Waals surface area contributed by atoms with Crippen LogP contribution < -0.4 is 10.0 Å². The fraction of sp³-hybridized carbons (Fsp3) is 0.467. The molecule has 1 aliphatic rings. The lowest BCUT2D eigenvalue weighted by Crippen LogP contribution is -2.35. The molecule has 0 bridgehead atoms. The molecule has 1 fully saturated rings. The molecule has 1 aromatic rings. The Bertz CT molecular complexity index is 729. The van der Waals surface area contributed by atoms with E-state index in [4.69, 9.17) is 16.3 Å². The van der Waals surface area contributed by atoms with Crippen molar-refractivity contribution >= 4 is 33.5 Å². The molecule has 1 aliphatic carbocycles. The number of rotatable bonds is 6. The number of esters is 1. The zero-order chi connectivity index (χ0) is 17.7. The van der Waals surface area contributed by atoms with Gasteiger partial charge in [-0.05, 0) is 38.1 Å². The van der Waals surface area contributed by atoms with Crippen LogP contribution in [0, 0.1) is 0 Å². The smallest absolute Gasteiger partial charge is 0.340 e. The maximum atomic E-state index is 12.1. The van der Waals surface area contributed by atoms with E-state index in [2.05, 4.69) is 10.0 Å². The summed E-state index contributed by atoms with van der Waals surface area (Å²) >= 11 is 5.92. The van der Waals surface area contributed by atoms with Crippen molar-refractivity contribution in [1.29, 1.82) is 0 Å². The van der Waals surface area contributed by atoms with Crippen molar-refractivity contribution in [2.24, 2.45) is 0 Å². The predicted molar refractivity (Wildman–Crippen MR) is 88.4 cm³/mol. The normalized spacial score (nSPS) is 15.2. The maximum absolute atomic E-state index is 12.1. The summed E-state index contributed by atoms with van der Waals surface area (Å²) in [6.45, 7) is -0.436. The minimum absolute atomic E-state index is 0.0475. The van der Waals surface area contributed by atoms with E-state index in [9.17, 15) is 18.0 Å². The van der Waals surface area contributed by atoms with Gasteiger partial charge in [0.25, 0.3) is 5.91 Å². The van der Waals surface area contributed by atoms with Gasteiger partial charge in [0.15, 0.2) is 6.61 Å². The minimum atomic E-state index is -3.71. The fourth-order valence-corrected chi connectivity index (χ4v) is 3.44. The van der Waals surface area contributed by atoms with Gasteiger partial charge in [0.05, 0.1) is 15.5 Å². The fourth-order valence-electron chi connectivity index (χ4n) is 2.49. The number of halogens is 1. The lowest BCUT2D eigenvalue weighted by Gasteiger charge is -2.12. The Hall–Kier alpha value is -1.64. The van der Waals surface area contributed by atoms with Crippen molar-refractivity contribution in [2.75, 3.05) is 13.7 Å². The molecule has 24 heavy (non-hydrogen) atoms. The highest BCUT2D eigenvalue weighted by Crippen LogP contribution is 2.21. The van der Waals surface area contributed by atoms with Gasteiger partial charge in [0, 0.05) is 6.04 Å². The second-order valence-electron chi connectivity index (χ2n) is 5.47. The first-order valence-electron chi connectivity index (χ1n) is 7.53. The van der Waals surface area contributed by atoms with Gasteiger partial charge in [0.2, 0.25) is 10.0 Å². The monoisotopic (exact) mass is 374 g/mol. The highest BCUT2D eigenvalue weighted by Gasteiger charge is 2.21. The summed E-state index contributed by atoms with van der Waals surface area (Å²) in [6.07, 6.45) is 4.00. The second-order valence-corrected chi connectivity index (χ2v) is 7.77. The zero-order valence-electron chi connectivity index (χ0n) is 13.2. The van der Waals surface area contributed by atoms with Crippen molar-refractivity contribution in [3.05, 3.63) is 28.8 Å². The van der Waals surface area contributed by atoms with E-state index in [0.29, 0.717) is 0 Å². The maximum Gasteiger partial charge on any atom is 0.340 e. The average Bonchev–Trinajstić information content (AvgIpc) is 3.05. The first kappa shape index (κ1) is 18.7. The molecule has 0 unspecified atom stereocenters. The third kappa shape index (κ3) is 4.68. The van der Waals surface area contributed by atoms with Gasteiger partial charge >= 0.3 is 5.97 Å². The number of carbonyl (C=O) groups excluding carboxylic acids is 2. The topological polar surface area (TPSA) is 102 Å². The number of hydrogen-bond donors (Lipinski definition) is 2. The van der Waals surface area contributed by atoms with Gasteiger partial charge in [-0.3, -0.25) is 4.79 Å². The van der Waals surface area contributed by atoms with Crippen LogP contribution in [0.25, 0.3) is 0 Å². The van der Waals surface area contributed by atoms with Crippen LogP contribution in [0.1, 0.15) is 36.0 Å². The molecule has 132 valence electrons. The standard InChI is InChI=1S/C15H19ClN2O5S/c1-17-24(21,22)11-6-7-13(16)12(8-11)15(20)23-9-14(19)18-10-4-2-3-5-10/h6-8,10,17H,2-5,9H2,1H3,(H,18,19). The SMILES string of the molecule is CNS(=O)(=O)c1ccc(Cl)c(C(=O)OCC(=O)NC2CCCC2)c1. The lowest BCUT2D eigenvalue weighted by molar-refractivity contribution is -0.124. The Balaban J connectivity index is 2.01. The Labute approximate surface area is 145 Å². The number of hydrogen-bond acceptors (Lipinski definition) is 5. The van der Waals surface area contributed by atoms with E-state index in [1.165, 1.54) is 19.2 Å². The van der Waals surface area contributed by atoms with E-state index in [1.807, 2.05) is 0 Å². The van der Waals surface area contributed by atoms with Crippen molar-refractivity contribution in [2.45, 2.75) is 36.6 Å². The molecule has 0 spiro atoms. The Morgan fingerprint density at radius 1 is 1.29 bits per heavy atom.